The molecule has 0 aliphatic carbocycles. The van der Waals surface area contributed by atoms with Gasteiger partial charge < -0.3 is 5.11 Å². The van der Waals surface area contributed by atoms with Crippen molar-refractivity contribution in [3.8, 4) is 0 Å². The molecule has 1 atom stereocenters. The molecule has 0 saturated heterocycles. The molecule has 0 amide bonds. The van der Waals surface area contributed by atoms with Gasteiger partial charge in [0, 0.05) is 0 Å². The van der Waals surface area contributed by atoms with Crippen LogP contribution in [0.5, 0.6) is 0 Å². The van der Waals surface area contributed by atoms with Crippen LogP contribution in [-0.2, 0) is 0 Å². The van der Waals surface area contributed by atoms with Gasteiger partial charge in [-0.1, -0.05) is 5.18 Å². The number of aliphatic hydroxyl groups excluding tert-OH is 1. The number of rotatable bonds is 2. The van der Waals surface area contributed by atoms with E-state index in [1.165, 1.54) is 0 Å². The van der Waals surface area contributed by atoms with Crippen LogP contribution in [0, 0.1) is 4.91 Å². The van der Waals surface area contributed by atoms with Gasteiger partial charge in [0.25, 0.3) is 0 Å². The summed E-state index contributed by atoms with van der Waals surface area (Å²) in [5, 5.41) is 11.5. The third kappa shape index (κ3) is 1.58. The fraction of sp³-hybridized carbons (Fsp3) is 1.00. The van der Waals surface area contributed by atoms with Crippen LogP contribution in [0.25, 0.3) is 0 Å². The van der Waals surface area contributed by atoms with E-state index in [0.29, 0.717) is 0 Å². The van der Waals surface area contributed by atoms with Gasteiger partial charge in [-0.05, 0) is 20.8 Å². The maximum absolute atomic E-state index is 9.86. The summed E-state index contributed by atoms with van der Waals surface area (Å²) < 4.78 is 0. The first kappa shape index (κ1) is 7.56. The van der Waals surface area contributed by atoms with E-state index in [4.69, 9.17) is 5.11 Å². The highest BCUT2D eigenvalue weighted by atomic mass is 16.3. The summed E-state index contributed by atoms with van der Waals surface area (Å²) in [6.45, 7) is 4.72. The van der Waals surface area contributed by atoms with Crippen LogP contribution >= 0.6 is 0 Å². The van der Waals surface area contributed by atoms with Crippen LogP contribution in [0.4, 0.5) is 0 Å². The quantitative estimate of drug-likeness (QED) is 0.546. The molecular weight excluding hydrogens is 106 g/mol. The Morgan fingerprint density at radius 1 is 1.62 bits per heavy atom. The second kappa shape index (κ2) is 2.22. The largest absolute Gasteiger partial charge is 0.391 e. The zero-order valence-electron chi connectivity index (χ0n) is 5.38. The van der Waals surface area contributed by atoms with Gasteiger partial charge in [-0.3, -0.25) is 0 Å². The van der Waals surface area contributed by atoms with Crippen LogP contribution in [0.1, 0.15) is 20.8 Å². The van der Waals surface area contributed by atoms with Gasteiger partial charge in [0.15, 0.2) is 0 Å². The maximum Gasteiger partial charge on any atom is 0.122 e. The zero-order valence-corrected chi connectivity index (χ0v) is 5.38. The van der Waals surface area contributed by atoms with Crippen molar-refractivity contribution >= 4 is 0 Å². The van der Waals surface area contributed by atoms with E-state index >= 15 is 0 Å². The summed E-state index contributed by atoms with van der Waals surface area (Å²) in [4.78, 5) is 9.86. The number of hydrogen-bond donors (Lipinski definition) is 1. The van der Waals surface area contributed by atoms with Gasteiger partial charge in [-0.25, -0.2) is 0 Å². The van der Waals surface area contributed by atoms with Crippen LogP contribution < -0.4 is 0 Å². The second-order valence-electron chi connectivity index (χ2n) is 2.42. The molecule has 0 aliphatic heterocycles. The molecular formula is C5H11NO2. The van der Waals surface area contributed by atoms with Gasteiger partial charge in [0.05, 0.1) is 6.10 Å². The minimum atomic E-state index is -0.833. The van der Waals surface area contributed by atoms with Crippen molar-refractivity contribution in [2.45, 2.75) is 32.4 Å². The number of aliphatic hydroxyl groups is 1. The molecule has 1 N–H and O–H groups in total. The van der Waals surface area contributed by atoms with E-state index in [-0.39, 0.29) is 0 Å². The number of nitroso groups, excluding NO2 is 1. The molecule has 8 heavy (non-hydrogen) atoms. The standard InChI is InChI=1S/C5H11NO2/c1-4(7)5(2,3)6-8/h4,7H,1-3H3. The molecule has 0 aromatic carbocycles. The van der Waals surface area contributed by atoms with Crippen molar-refractivity contribution in [2.75, 3.05) is 0 Å². The summed E-state index contributed by atoms with van der Waals surface area (Å²) in [5.74, 6) is 0. The lowest BCUT2D eigenvalue weighted by Gasteiger charge is -2.17. The minimum absolute atomic E-state index is 0.667. The van der Waals surface area contributed by atoms with Crippen molar-refractivity contribution in [2.24, 2.45) is 5.18 Å². The first-order chi connectivity index (χ1) is 3.50. The molecule has 0 spiro atoms. The Morgan fingerprint density at radius 3 is 2.00 bits per heavy atom. The minimum Gasteiger partial charge on any atom is -0.391 e. The number of nitrogens with zero attached hydrogens (tertiary/aromatic N) is 1. The smallest absolute Gasteiger partial charge is 0.122 e. The molecule has 1 unspecified atom stereocenters. The average Bonchev–Trinajstić information content (AvgIpc) is 1.67. The van der Waals surface area contributed by atoms with Crippen LogP contribution in [-0.4, -0.2) is 16.7 Å². The Morgan fingerprint density at radius 2 is 2.00 bits per heavy atom. The van der Waals surface area contributed by atoms with Gasteiger partial charge in [-0.2, -0.15) is 4.91 Å². The molecule has 0 saturated carbocycles. The van der Waals surface area contributed by atoms with Crippen molar-refractivity contribution in [1.29, 1.82) is 0 Å². The molecule has 3 nitrogen and oxygen atoms in total. The molecule has 0 fully saturated rings. The summed E-state index contributed by atoms with van der Waals surface area (Å²) in [6, 6.07) is 0. The van der Waals surface area contributed by atoms with Crippen molar-refractivity contribution in [3.63, 3.8) is 0 Å². The molecule has 3 heteroatoms. The van der Waals surface area contributed by atoms with Gasteiger partial charge >= 0.3 is 0 Å². The number of hydrogen-bond acceptors (Lipinski definition) is 3. The molecule has 0 heterocycles. The molecule has 0 aliphatic rings. The highest BCUT2D eigenvalue weighted by molar-refractivity contribution is 4.81. The van der Waals surface area contributed by atoms with E-state index < -0.39 is 11.6 Å². The lowest BCUT2D eigenvalue weighted by Crippen LogP contribution is -2.30. The van der Waals surface area contributed by atoms with E-state index in [1.54, 1.807) is 20.8 Å². The van der Waals surface area contributed by atoms with Gasteiger partial charge in [-0.15, -0.1) is 0 Å². The summed E-state index contributed by atoms with van der Waals surface area (Å²) >= 11 is 0. The van der Waals surface area contributed by atoms with E-state index in [0.717, 1.165) is 0 Å². The molecule has 48 valence electrons. The maximum atomic E-state index is 9.86. The third-order valence-electron chi connectivity index (χ3n) is 1.26. The lowest BCUT2D eigenvalue weighted by atomic mass is 10.0. The van der Waals surface area contributed by atoms with Gasteiger partial charge in [0.1, 0.15) is 5.54 Å². The first-order valence-corrected chi connectivity index (χ1v) is 2.53. The lowest BCUT2D eigenvalue weighted by molar-refractivity contribution is 0.122. The highest BCUT2D eigenvalue weighted by Gasteiger charge is 2.24. The SMILES string of the molecule is CC(O)C(C)(C)N=O. The second-order valence-corrected chi connectivity index (χ2v) is 2.42. The van der Waals surface area contributed by atoms with E-state index in [9.17, 15) is 4.91 Å². The Hall–Kier alpha value is -0.440. The fourth-order valence-electron chi connectivity index (χ4n) is 0.0763. The average molecular weight is 117 g/mol. The zero-order chi connectivity index (χ0) is 6.78. The van der Waals surface area contributed by atoms with Crippen molar-refractivity contribution in [1.82, 2.24) is 0 Å². The normalized spacial score (nSPS) is 15.5. The van der Waals surface area contributed by atoms with E-state index in [2.05, 4.69) is 5.18 Å². The third-order valence-corrected chi connectivity index (χ3v) is 1.26. The van der Waals surface area contributed by atoms with Crippen LogP contribution in [0.15, 0.2) is 5.18 Å². The van der Waals surface area contributed by atoms with Crippen LogP contribution in [0.3, 0.4) is 0 Å². The van der Waals surface area contributed by atoms with Crippen molar-refractivity contribution < 1.29 is 5.11 Å². The first-order valence-electron chi connectivity index (χ1n) is 2.53. The predicted octanol–water partition coefficient (Wildman–Crippen LogP) is 0.912. The topological polar surface area (TPSA) is 49.7 Å². The Balaban J connectivity index is 3.90. The van der Waals surface area contributed by atoms with E-state index in [1.807, 2.05) is 0 Å². The van der Waals surface area contributed by atoms with Crippen LogP contribution in [0.2, 0.25) is 0 Å². The molecule has 0 aromatic heterocycles. The summed E-state index contributed by atoms with van der Waals surface area (Å²) in [5.41, 5.74) is -0.833. The summed E-state index contributed by atoms with van der Waals surface area (Å²) in [6.07, 6.45) is -0.667. The van der Waals surface area contributed by atoms with Crippen molar-refractivity contribution in [3.05, 3.63) is 4.91 Å². The Bertz CT molecular complexity index is 88.4. The monoisotopic (exact) mass is 117 g/mol. The highest BCUT2D eigenvalue weighted by Crippen LogP contribution is 2.12. The Kier molecular flexibility index (Phi) is 2.10. The molecule has 0 rings (SSSR count). The molecule has 0 aromatic rings. The molecule has 0 bridgehead atoms. The fourth-order valence-corrected chi connectivity index (χ4v) is 0.0763. The Labute approximate surface area is 48.7 Å². The predicted molar refractivity (Wildman–Crippen MR) is 31.6 cm³/mol. The van der Waals surface area contributed by atoms with Gasteiger partial charge in [0.2, 0.25) is 0 Å². The summed E-state index contributed by atoms with van der Waals surface area (Å²) in [7, 11) is 0. The molecule has 0 radical (unpaired) electrons.